The van der Waals surface area contributed by atoms with Crippen LogP contribution >= 0.6 is 0 Å². The van der Waals surface area contributed by atoms with Crippen LogP contribution in [0.5, 0.6) is 11.5 Å². The summed E-state index contributed by atoms with van der Waals surface area (Å²) in [6.07, 6.45) is 0. The van der Waals surface area contributed by atoms with Crippen molar-refractivity contribution >= 4 is 70.1 Å². The van der Waals surface area contributed by atoms with Crippen LogP contribution in [-0.2, 0) is 0 Å². The van der Waals surface area contributed by atoms with Crippen molar-refractivity contribution in [1.29, 1.82) is 0 Å². The van der Waals surface area contributed by atoms with Crippen LogP contribution in [0, 0.1) is 0 Å². The van der Waals surface area contributed by atoms with E-state index in [0.717, 1.165) is 76.8 Å². The van der Waals surface area contributed by atoms with Crippen molar-refractivity contribution in [2.24, 2.45) is 0 Å². The maximum atomic E-state index is 11.3. The number of hydrogen-bond donors (Lipinski definition) is 2. The molecule has 0 spiro atoms. The topological polar surface area (TPSA) is 53.6 Å². The van der Waals surface area contributed by atoms with Gasteiger partial charge in [-0.3, -0.25) is 0 Å². The Labute approximate surface area is 250 Å². The van der Waals surface area contributed by atoms with Gasteiger partial charge in [-0.2, -0.15) is 0 Å². The molecule has 1 heterocycles. The number of fused-ring (bicyclic) bond motifs is 5. The average Bonchev–Trinajstić information content (AvgIpc) is 3.43. The first-order valence-corrected chi connectivity index (χ1v) is 14.5. The second-order valence-electron chi connectivity index (χ2n) is 11.2. The normalized spacial score (nSPS) is 11.6. The quantitative estimate of drug-likeness (QED) is 0.144. The maximum Gasteiger partial charge on any atom is 0.164 e. The molecule has 1 aromatic heterocycles. The molecule has 202 valence electrons. The molecule has 0 unspecified atom stereocenters. The van der Waals surface area contributed by atoms with Gasteiger partial charge in [0.2, 0.25) is 0 Å². The summed E-state index contributed by atoms with van der Waals surface area (Å²) < 4.78 is 6.29. The highest BCUT2D eigenvalue weighted by molar-refractivity contribution is 6.49. The molecule has 43 heavy (non-hydrogen) atoms. The third kappa shape index (κ3) is 3.65. The van der Waals surface area contributed by atoms with Crippen molar-refractivity contribution < 1.29 is 14.6 Å². The van der Waals surface area contributed by atoms with Crippen molar-refractivity contribution in [3.05, 3.63) is 121 Å². The number of para-hydroxylation sites is 1. The fourth-order valence-electron chi connectivity index (χ4n) is 7.00. The van der Waals surface area contributed by atoms with Gasteiger partial charge in [0.15, 0.2) is 11.5 Å². The number of rotatable bonds is 3. The van der Waals surface area contributed by atoms with E-state index in [1.165, 1.54) is 0 Å². The Bertz CT molecular complexity index is 2330. The van der Waals surface area contributed by atoms with Crippen LogP contribution in [0.2, 0.25) is 0 Å². The van der Waals surface area contributed by atoms with E-state index in [1.807, 2.05) is 64.2 Å². The number of phenols is 2. The summed E-state index contributed by atoms with van der Waals surface area (Å²) in [6, 6.07) is 41.3. The second-order valence-corrected chi connectivity index (χ2v) is 11.2. The second kappa shape index (κ2) is 9.57. The van der Waals surface area contributed by atoms with Crippen LogP contribution in [0.25, 0.3) is 76.9 Å². The van der Waals surface area contributed by atoms with Gasteiger partial charge in [-0.1, -0.05) is 115 Å². The molecule has 0 aliphatic rings. The van der Waals surface area contributed by atoms with Gasteiger partial charge in [0.05, 0.1) is 0 Å². The van der Waals surface area contributed by atoms with E-state index < -0.39 is 0 Å². The van der Waals surface area contributed by atoms with Gasteiger partial charge in [0.25, 0.3) is 0 Å². The lowest BCUT2D eigenvalue weighted by atomic mass is 9.71. The third-order valence-electron chi connectivity index (χ3n) is 8.86. The van der Waals surface area contributed by atoms with E-state index in [2.05, 4.69) is 72.8 Å². The first-order chi connectivity index (χ1) is 21.0. The first-order valence-electron chi connectivity index (χ1n) is 14.5. The molecule has 0 atom stereocenters. The van der Waals surface area contributed by atoms with Crippen molar-refractivity contribution in [3.63, 3.8) is 0 Å². The van der Waals surface area contributed by atoms with E-state index in [0.29, 0.717) is 11.0 Å². The van der Waals surface area contributed by atoms with Crippen LogP contribution < -0.4 is 10.9 Å². The van der Waals surface area contributed by atoms with E-state index in [9.17, 15) is 10.2 Å². The molecule has 0 radical (unpaired) electrons. The zero-order valence-corrected chi connectivity index (χ0v) is 23.8. The molecular formula is C38H26B2O3. The monoisotopic (exact) mass is 552 g/mol. The van der Waals surface area contributed by atoms with Crippen LogP contribution in [0.3, 0.4) is 0 Å². The van der Waals surface area contributed by atoms with Gasteiger partial charge in [0.1, 0.15) is 26.9 Å². The predicted octanol–water partition coefficient (Wildman–Crippen LogP) is 6.82. The molecule has 0 fully saturated rings. The van der Waals surface area contributed by atoms with Gasteiger partial charge >= 0.3 is 0 Å². The Morgan fingerprint density at radius 3 is 1.60 bits per heavy atom. The summed E-state index contributed by atoms with van der Waals surface area (Å²) in [5.74, 6) is -0.181. The summed E-state index contributed by atoms with van der Waals surface area (Å²) in [5, 5.41) is 29.1. The molecule has 2 N–H and O–H groups in total. The lowest BCUT2D eigenvalue weighted by molar-refractivity contribution is 0.408. The minimum atomic E-state index is -0.0914. The number of hydrogen-bond acceptors (Lipinski definition) is 3. The SMILES string of the molecule is Bc1c(O)c(O)c(-c2ccccc2)c(B)c1-c1c2ccccc2c(-c2cccc3oc4ccccc4c23)c2ccccc12. The number of aromatic hydroxyl groups is 2. The molecule has 0 saturated heterocycles. The van der Waals surface area contributed by atoms with Gasteiger partial charge in [0, 0.05) is 16.3 Å². The third-order valence-corrected chi connectivity index (χ3v) is 8.86. The summed E-state index contributed by atoms with van der Waals surface area (Å²) in [5.41, 5.74) is 9.05. The molecule has 0 amide bonds. The van der Waals surface area contributed by atoms with Gasteiger partial charge in [-0.05, 0) is 67.0 Å². The number of furan rings is 1. The Morgan fingerprint density at radius 2 is 0.953 bits per heavy atom. The van der Waals surface area contributed by atoms with Crippen molar-refractivity contribution in [1.82, 2.24) is 0 Å². The van der Waals surface area contributed by atoms with Crippen LogP contribution in [0.1, 0.15) is 0 Å². The molecule has 0 saturated carbocycles. The molecule has 7 aromatic carbocycles. The first kappa shape index (κ1) is 25.3. The smallest absolute Gasteiger partial charge is 0.164 e. The van der Waals surface area contributed by atoms with E-state index in [-0.39, 0.29) is 11.5 Å². The van der Waals surface area contributed by atoms with Crippen LogP contribution in [0.15, 0.2) is 126 Å². The molecule has 5 heteroatoms. The number of benzene rings is 7. The minimum Gasteiger partial charge on any atom is -0.505 e. The Balaban J connectivity index is 1.55. The van der Waals surface area contributed by atoms with Crippen LogP contribution in [-0.4, -0.2) is 25.9 Å². The zero-order chi connectivity index (χ0) is 29.2. The lowest BCUT2D eigenvalue weighted by Gasteiger charge is -2.23. The summed E-state index contributed by atoms with van der Waals surface area (Å²) >= 11 is 0. The molecule has 8 rings (SSSR count). The number of phenolic OH excluding ortho intramolecular Hbond substituents is 2. The molecule has 0 aliphatic carbocycles. The van der Waals surface area contributed by atoms with Crippen molar-refractivity contribution in [2.45, 2.75) is 0 Å². The zero-order valence-electron chi connectivity index (χ0n) is 23.8. The van der Waals surface area contributed by atoms with Crippen LogP contribution in [0.4, 0.5) is 0 Å². The van der Waals surface area contributed by atoms with Crippen molar-refractivity contribution in [2.75, 3.05) is 0 Å². The summed E-state index contributed by atoms with van der Waals surface area (Å²) in [4.78, 5) is 0. The molecular weight excluding hydrogens is 526 g/mol. The Morgan fingerprint density at radius 1 is 0.419 bits per heavy atom. The van der Waals surface area contributed by atoms with E-state index >= 15 is 0 Å². The van der Waals surface area contributed by atoms with Crippen molar-refractivity contribution in [3.8, 4) is 44.9 Å². The Kier molecular flexibility index (Phi) is 5.63. The highest BCUT2D eigenvalue weighted by atomic mass is 16.3. The van der Waals surface area contributed by atoms with Gasteiger partial charge in [-0.25, -0.2) is 0 Å². The fraction of sp³-hybridized carbons (Fsp3) is 0. The standard InChI is InChI=1S/C38H26B2O3/c39-35-30(21-11-2-1-3-12-21)37(41)38(42)36(40)34(35)33-24-15-6-4-13-22(24)31(23-14-5-7-16-25(23)33)27-18-10-20-29-32(27)26-17-8-9-19-28(26)43-29/h1-20,41-42H,39-40H2. The largest absolute Gasteiger partial charge is 0.505 e. The Hall–Kier alpha value is -5.41. The van der Waals surface area contributed by atoms with Gasteiger partial charge in [-0.15, -0.1) is 0 Å². The molecule has 0 bridgehead atoms. The molecule has 8 aromatic rings. The maximum absolute atomic E-state index is 11.3. The predicted molar refractivity (Wildman–Crippen MR) is 185 cm³/mol. The minimum absolute atomic E-state index is 0.0892. The lowest BCUT2D eigenvalue weighted by Crippen LogP contribution is -2.22. The summed E-state index contributed by atoms with van der Waals surface area (Å²) in [6.45, 7) is 0. The fourth-order valence-corrected chi connectivity index (χ4v) is 7.00. The summed E-state index contributed by atoms with van der Waals surface area (Å²) in [7, 11) is 3.93. The van der Waals surface area contributed by atoms with Gasteiger partial charge < -0.3 is 14.6 Å². The van der Waals surface area contributed by atoms with E-state index in [1.54, 1.807) is 0 Å². The van der Waals surface area contributed by atoms with E-state index in [4.69, 9.17) is 4.42 Å². The highest BCUT2D eigenvalue weighted by Crippen LogP contribution is 2.47. The molecule has 0 aliphatic heterocycles. The highest BCUT2D eigenvalue weighted by Gasteiger charge is 2.25. The molecule has 3 nitrogen and oxygen atoms in total. The average molecular weight is 552 g/mol.